The largest absolute Gasteiger partial charge is 0.367 e. The summed E-state index contributed by atoms with van der Waals surface area (Å²) in [6, 6.07) is 5.68. The molecule has 2 N–H and O–H groups in total. The minimum absolute atomic E-state index is 0.00999. The molecule has 19 heavy (non-hydrogen) atoms. The van der Waals surface area contributed by atoms with Crippen LogP contribution < -0.4 is 5.73 Å². The fourth-order valence-electron chi connectivity index (χ4n) is 2.23. The molecule has 1 aliphatic heterocycles. The number of morpholine rings is 1. The van der Waals surface area contributed by atoms with E-state index in [0.29, 0.717) is 18.1 Å². The van der Waals surface area contributed by atoms with E-state index in [-0.39, 0.29) is 6.10 Å². The summed E-state index contributed by atoms with van der Waals surface area (Å²) in [4.78, 5) is 13.4. The molecule has 1 aliphatic rings. The Kier molecular flexibility index (Phi) is 4.84. The summed E-state index contributed by atoms with van der Waals surface area (Å²) in [5, 5.41) is 0.700. The van der Waals surface area contributed by atoms with E-state index in [0.717, 1.165) is 16.6 Å². The fourth-order valence-corrected chi connectivity index (χ4v) is 2.80. The Morgan fingerprint density at radius 3 is 3.00 bits per heavy atom. The maximum atomic E-state index is 11.3. The second kappa shape index (κ2) is 6.22. The summed E-state index contributed by atoms with van der Waals surface area (Å²) in [6.45, 7) is 3.93. The zero-order valence-corrected chi connectivity index (χ0v) is 12.9. The molecular weight excluding hydrogens is 332 g/mol. The maximum Gasteiger partial charge on any atom is 0.247 e. The number of amides is 1. The molecule has 0 spiro atoms. The molecule has 4 nitrogen and oxygen atoms in total. The van der Waals surface area contributed by atoms with Crippen LogP contribution in [0.2, 0.25) is 5.02 Å². The average Bonchev–Trinajstić information content (AvgIpc) is 2.33. The summed E-state index contributed by atoms with van der Waals surface area (Å²) >= 11 is 9.51. The van der Waals surface area contributed by atoms with Crippen molar-refractivity contribution in [3.05, 3.63) is 33.3 Å². The molecule has 0 bridgehead atoms. The molecule has 0 saturated carbocycles. The van der Waals surface area contributed by atoms with E-state index in [4.69, 9.17) is 22.1 Å². The predicted octanol–water partition coefficient (Wildman–Crippen LogP) is 2.18. The Labute approximate surface area is 126 Å². The molecule has 0 radical (unpaired) electrons. The summed E-state index contributed by atoms with van der Waals surface area (Å²) in [5.41, 5.74) is 6.41. The Morgan fingerprint density at radius 2 is 2.32 bits per heavy atom. The van der Waals surface area contributed by atoms with Gasteiger partial charge >= 0.3 is 0 Å². The number of benzene rings is 1. The number of hydrogen-bond acceptors (Lipinski definition) is 3. The number of halogens is 2. The Hall–Kier alpha value is -0.620. The van der Waals surface area contributed by atoms with Gasteiger partial charge in [0, 0.05) is 29.1 Å². The van der Waals surface area contributed by atoms with Crippen molar-refractivity contribution >= 4 is 33.4 Å². The van der Waals surface area contributed by atoms with Crippen molar-refractivity contribution in [2.45, 2.75) is 25.7 Å². The topological polar surface area (TPSA) is 55.6 Å². The first kappa shape index (κ1) is 14.8. The van der Waals surface area contributed by atoms with Gasteiger partial charge in [0.25, 0.3) is 0 Å². The van der Waals surface area contributed by atoms with Gasteiger partial charge in [-0.3, -0.25) is 9.69 Å². The predicted molar refractivity (Wildman–Crippen MR) is 78.0 cm³/mol. The summed E-state index contributed by atoms with van der Waals surface area (Å²) < 4.78 is 6.52. The Balaban J connectivity index is 2.09. The molecule has 0 aliphatic carbocycles. The van der Waals surface area contributed by atoms with Gasteiger partial charge in [-0.2, -0.15) is 0 Å². The quantitative estimate of drug-likeness (QED) is 0.912. The summed E-state index contributed by atoms with van der Waals surface area (Å²) in [5.74, 6) is -0.415. The van der Waals surface area contributed by atoms with Crippen LogP contribution in [0.25, 0.3) is 0 Å². The van der Waals surface area contributed by atoms with Crippen LogP contribution in [0.5, 0.6) is 0 Å². The number of nitrogens with zero attached hydrogens (tertiary/aromatic N) is 1. The Bertz CT molecular complexity index is 484. The van der Waals surface area contributed by atoms with Crippen LogP contribution in [0.3, 0.4) is 0 Å². The molecule has 1 amide bonds. The van der Waals surface area contributed by atoms with Crippen LogP contribution in [-0.4, -0.2) is 36.1 Å². The van der Waals surface area contributed by atoms with Gasteiger partial charge < -0.3 is 10.5 Å². The smallest absolute Gasteiger partial charge is 0.247 e. The fraction of sp³-hybridized carbons (Fsp3) is 0.462. The van der Waals surface area contributed by atoms with E-state index in [9.17, 15) is 4.79 Å². The van der Waals surface area contributed by atoms with Crippen molar-refractivity contribution in [3.63, 3.8) is 0 Å². The van der Waals surface area contributed by atoms with E-state index in [1.54, 1.807) is 0 Å². The first-order valence-corrected chi connectivity index (χ1v) is 7.24. The average molecular weight is 348 g/mol. The zero-order chi connectivity index (χ0) is 14.0. The molecule has 0 aromatic heterocycles. The van der Waals surface area contributed by atoms with Gasteiger partial charge in [-0.1, -0.05) is 27.5 Å². The van der Waals surface area contributed by atoms with Crippen molar-refractivity contribution in [2.24, 2.45) is 5.73 Å². The molecule has 1 fully saturated rings. The van der Waals surface area contributed by atoms with Crippen LogP contribution in [0.1, 0.15) is 12.5 Å². The number of carbonyl (C=O) groups is 1. The second-order valence-corrected chi connectivity index (χ2v) is 6.06. The molecule has 2 rings (SSSR count). The second-order valence-electron chi connectivity index (χ2n) is 4.77. The highest BCUT2D eigenvalue weighted by Gasteiger charge is 2.29. The lowest BCUT2D eigenvalue weighted by atomic mass is 10.1. The molecule has 1 heterocycles. The van der Waals surface area contributed by atoms with E-state index < -0.39 is 12.0 Å². The third-order valence-electron chi connectivity index (χ3n) is 3.05. The summed E-state index contributed by atoms with van der Waals surface area (Å²) in [7, 11) is 0. The van der Waals surface area contributed by atoms with Crippen molar-refractivity contribution < 1.29 is 9.53 Å². The van der Waals surface area contributed by atoms with Gasteiger partial charge in [-0.25, -0.2) is 0 Å². The number of carbonyl (C=O) groups excluding carboxylic acids is 1. The van der Waals surface area contributed by atoms with Crippen molar-refractivity contribution in [1.29, 1.82) is 0 Å². The molecule has 2 atom stereocenters. The third-order valence-corrected chi connectivity index (χ3v) is 4.06. The van der Waals surface area contributed by atoms with E-state index >= 15 is 0 Å². The SMILES string of the molecule is C[C@@H]1CN(Cc2cc(Cl)ccc2Br)C[C@@H](C(N)=O)O1. The highest BCUT2D eigenvalue weighted by molar-refractivity contribution is 9.10. The lowest BCUT2D eigenvalue weighted by molar-refractivity contribution is -0.142. The van der Waals surface area contributed by atoms with Crippen molar-refractivity contribution in [1.82, 2.24) is 4.90 Å². The number of rotatable bonds is 3. The van der Waals surface area contributed by atoms with Gasteiger partial charge in [0.1, 0.15) is 6.10 Å². The maximum absolute atomic E-state index is 11.3. The monoisotopic (exact) mass is 346 g/mol. The minimum atomic E-state index is -0.540. The van der Waals surface area contributed by atoms with Crippen LogP contribution in [-0.2, 0) is 16.1 Å². The number of hydrogen-bond donors (Lipinski definition) is 1. The van der Waals surface area contributed by atoms with Crippen molar-refractivity contribution in [2.75, 3.05) is 13.1 Å². The highest BCUT2D eigenvalue weighted by Crippen LogP contribution is 2.24. The first-order valence-electron chi connectivity index (χ1n) is 6.06. The van der Waals surface area contributed by atoms with E-state index in [1.807, 2.05) is 25.1 Å². The standard InChI is InChI=1S/C13H16BrClN2O2/c1-8-5-17(7-12(19-8)13(16)18)6-9-4-10(15)2-3-11(9)14/h2-4,8,12H,5-7H2,1H3,(H2,16,18)/t8-,12+/m1/s1. The zero-order valence-electron chi connectivity index (χ0n) is 10.6. The minimum Gasteiger partial charge on any atom is -0.367 e. The van der Waals surface area contributed by atoms with Gasteiger partial charge in [0.2, 0.25) is 5.91 Å². The molecular formula is C13H16BrClN2O2. The van der Waals surface area contributed by atoms with Crippen molar-refractivity contribution in [3.8, 4) is 0 Å². The number of nitrogens with two attached hydrogens (primary N) is 1. The van der Waals surface area contributed by atoms with Crippen LogP contribution >= 0.6 is 27.5 Å². The van der Waals surface area contributed by atoms with Crippen LogP contribution in [0.15, 0.2) is 22.7 Å². The number of primary amides is 1. The van der Waals surface area contributed by atoms with E-state index in [2.05, 4.69) is 20.8 Å². The normalized spacial score (nSPS) is 24.4. The molecule has 0 unspecified atom stereocenters. The third kappa shape index (κ3) is 3.92. The first-order chi connectivity index (χ1) is 8.95. The van der Waals surface area contributed by atoms with E-state index in [1.165, 1.54) is 0 Å². The summed E-state index contributed by atoms with van der Waals surface area (Å²) in [6.07, 6.45) is -0.550. The van der Waals surface area contributed by atoms with Crippen LogP contribution in [0, 0.1) is 0 Å². The molecule has 1 aromatic carbocycles. The van der Waals surface area contributed by atoms with Gasteiger partial charge in [0.15, 0.2) is 0 Å². The molecule has 1 saturated heterocycles. The van der Waals surface area contributed by atoms with Gasteiger partial charge in [-0.05, 0) is 30.7 Å². The molecule has 6 heteroatoms. The molecule has 1 aromatic rings. The number of ether oxygens (including phenoxy) is 1. The highest BCUT2D eigenvalue weighted by atomic mass is 79.9. The van der Waals surface area contributed by atoms with Gasteiger partial charge in [0.05, 0.1) is 6.10 Å². The molecule has 104 valence electrons. The van der Waals surface area contributed by atoms with Crippen LogP contribution in [0.4, 0.5) is 0 Å². The Morgan fingerprint density at radius 1 is 1.58 bits per heavy atom. The lowest BCUT2D eigenvalue weighted by Gasteiger charge is -2.35. The lowest BCUT2D eigenvalue weighted by Crippen LogP contribution is -2.51. The van der Waals surface area contributed by atoms with Gasteiger partial charge in [-0.15, -0.1) is 0 Å².